The number of benzene rings is 1. The van der Waals surface area contributed by atoms with Crippen molar-refractivity contribution in [3.05, 3.63) is 69.0 Å². The largest absolute Gasteiger partial charge is 0.383 e. The minimum absolute atomic E-state index is 0.270. The van der Waals surface area contributed by atoms with Gasteiger partial charge in [0.1, 0.15) is 0 Å². The number of nitrogens with one attached hydrogen (secondary N) is 1. The summed E-state index contributed by atoms with van der Waals surface area (Å²) >= 11 is 0. The number of fused-ring (bicyclic) bond motifs is 1. The zero-order chi connectivity index (χ0) is 16.4. The molecule has 0 amide bonds. The van der Waals surface area contributed by atoms with Crippen molar-refractivity contribution in [3.63, 3.8) is 0 Å². The lowest BCUT2D eigenvalue weighted by Gasteiger charge is -2.06. The molecule has 2 aromatic heterocycles. The van der Waals surface area contributed by atoms with Crippen LogP contribution in [0.3, 0.4) is 0 Å². The topological polar surface area (TPSA) is 94.5 Å². The highest BCUT2D eigenvalue weighted by molar-refractivity contribution is 5.51. The van der Waals surface area contributed by atoms with Crippen LogP contribution in [-0.2, 0) is 6.54 Å². The summed E-state index contributed by atoms with van der Waals surface area (Å²) in [6, 6.07) is 8.76. The first-order valence-electron chi connectivity index (χ1n) is 6.78. The monoisotopic (exact) mass is 317 g/mol. The van der Waals surface area contributed by atoms with E-state index in [0.717, 1.165) is 12.1 Å². The van der Waals surface area contributed by atoms with Crippen LogP contribution in [-0.4, -0.2) is 25.6 Å². The van der Waals surface area contributed by atoms with Gasteiger partial charge in [-0.2, -0.15) is 4.39 Å². The van der Waals surface area contributed by atoms with E-state index in [0.29, 0.717) is 17.9 Å². The van der Waals surface area contributed by atoms with E-state index in [1.807, 2.05) is 0 Å². The zero-order valence-corrected chi connectivity index (χ0v) is 11.8. The maximum Gasteiger partial charge on any atom is 0.350 e. The van der Waals surface area contributed by atoms with E-state index in [4.69, 9.17) is 0 Å². The molecule has 0 bridgehead atoms. The number of nitrogens with zero attached hydrogens (tertiary/aromatic N) is 4. The summed E-state index contributed by atoms with van der Waals surface area (Å²) in [5.41, 5.74) is 0.0669. The van der Waals surface area contributed by atoms with Crippen molar-refractivity contribution in [1.29, 1.82) is 0 Å². The first-order chi connectivity index (χ1) is 11.1. The van der Waals surface area contributed by atoms with Crippen LogP contribution >= 0.6 is 0 Å². The van der Waals surface area contributed by atoms with Crippen LogP contribution in [0.15, 0.2) is 47.4 Å². The molecule has 9 heteroatoms. The van der Waals surface area contributed by atoms with Gasteiger partial charge < -0.3 is 5.32 Å². The normalized spacial score (nSPS) is 10.8. The van der Waals surface area contributed by atoms with Crippen LogP contribution in [0.1, 0.15) is 0 Å². The lowest BCUT2D eigenvalue weighted by atomic mass is 10.2. The SMILES string of the molecule is O=c1n(CCNc2ccc(F)c([N+](=O)[O-])c2)nc2ccccn12. The third kappa shape index (κ3) is 2.89. The van der Waals surface area contributed by atoms with Gasteiger partial charge in [-0.15, -0.1) is 5.10 Å². The Hall–Kier alpha value is -3.23. The number of anilines is 1. The lowest BCUT2D eigenvalue weighted by molar-refractivity contribution is -0.387. The average molecular weight is 317 g/mol. The molecule has 3 aromatic rings. The average Bonchev–Trinajstić information content (AvgIpc) is 2.85. The molecule has 0 saturated carbocycles. The summed E-state index contributed by atoms with van der Waals surface area (Å²) in [5, 5.41) is 17.8. The van der Waals surface area contributed by atoms with Crippen LogP contribution in [0.4, 0.5) is 15.8 Å². The molecule has 1 aromatic carbocycles. The Labute approximate surface area is 128 Å². The second-order valence-electron chi connectivity index (χ2n) is 4.78. The molecule has 0 unspecified atom stereocenters. The molecule has 0 aliphatic rings. The van der Waals surface area contributed by atoms with Crippen molar-refractivity contribution in [2.75, 3.05) is 11.9 Å². The van der Waals surface area contributed by atoms with E-state index in [1.54, 1.807) is 24.4 Å². The van der Waals surface area contributed by atoms with Crippen molar-refractivity contribution in [2.24, 2.45) is 0 Å². The molecule has 8 nitrogen and oxygen atoms in total. The fourth-order valence-electron chi connectivity index (χ4n) is 2.18. The van der Waals surface area contributed by atoms with E-state index >= 15 is 0 Å². The number of aromatic nitrogens is 3. The van der Waals surface area contributed by atoms with E-state index in [9.17, 15) is 19.3 Å². The van der Waals surface area contributed by atoms with Gasteiger partial charge >= 0.3 is 11.4 Å². The van der Waals surface area contributed by atoms with Crippen molar-refractivity contribution in [1.82, 2.24) is 14.2 Å². The zero-order valence-electron chi connectivity index (χ0n) is 11.8. The predicted octanol–water partition coefficient (Wildman–Crippen LogP) is 1.66. The number of pyridine rings is 1. The molecule has 1 N–H and O–H groups in total. The van der Waals surface area contributed by atoms with Crippen LogP contribution in [0.2, 0.25) is 0 Å². The number of nitro groups is 1. The highest BCUT2D eigenvalue weighted by atomic mass is 19.1. The second-order valence-corrected chi connectivity index (χ2v) is 4.78. The van der Waals surface area contributed by atoms with Crippen LogP contribution in [0.5, 0.6) is 0 Å². The van der Waals surface area contributed by atoms with Crippen molar-refractivity contribution < 1.29 is 9.31 Å². The highest BCUT2D eigenvalue weighted by Crippen LogP contribution is 2.21. The van der Waals surface area contributed by atoms with Crippen LogP contribution < -0.4 is 11.0 Å². The first-order valence-corrected chi connectivity index (χ1v) is 6.78. The Morgan fingerprint density at radius 1 is 1.30 bits per heavy atom. The molecule has 0 radical (unpaired) electrons. The van der Waals surface area contributed by atoms with Gasteiger partial charge in [-0.3, -0.25) is 14.5 Å². The fourth-order valence-corrected chi connectivity index (χ4v) is 2.18. The van der Waals surface area contributed by atoms with Crippen LogP contribution in [0, 0.1) is 15.9 Å². The fraction of sp³-hybridized carbons (Fsp3) is 0.143. The minimum atomic E-state index is -0.892. The molecule has 118 valence electrons. The summed E-state index contributed by atoms with van der Waals surface area (Å²) in [5.74, 6) is -0.892. The van der Waals surface area contributed by atoms with Gasteiger partial charge in [0.2, 0.25) is 5.82 Å². The van der Waals surface area contributed by atoms with E-state index in [2.05, 4.69) is 10.4 Å². The van der Waals surface area contributed by atoms with Crippen molar-refractivity contribution in [2.45, 2.75) is 6.54 Å². The second kappa shape index (κ2) is 5.87. The quantitative estimate of drug-likeness (QED) is 0.570. The Kier molecular flexibility index (Phi) is 3.75. The number of hydrogen-bond acceptors (Lipinski definition) is 5. The van der Waals surface area contributed by atoms with Crippen LogP contribution in [0.25, 0.3) is 5.65 Å². The number of rotatable bonds is 5. The molecule has 0 saturated heterocycles. The summed E-state index contributed by atoms with van der Waals surface area (Å²) in [6.07, 6.45) is 1.62. The Balaban J connectivity index is 1.72. The Morgan fingerprint density at radius 3 is 2.87 bits per heavy atom. The molecule has 0 fully saturated rings. The summed E-state index contributed by atoms with van der Waals surface area (Å²) in [4.78, 5) is 22.0. The molecule has 0 atom stereocenters. The molecule has 0 aliphatic heterocycles. The smallest absolute Gasteiger partial charge is 0.350 e. The molecular weight excluding hydrogens is 305 g/mol. The van der Waals surface area contributed by atoms with Gasteiger partial charge in [0.25, 0.3) is 0 Å². The molecule has 2 heterocycles. The van der Waals surface area contributed by atoms with Gasteiger partial charge in [-0.1, -0.05) is 6.07 Å². The summed E-state index contributed by atoms with van der Waals surface area (Å²) in [6.45, 7) is 0.582. The van der Waals surface area contributed by atoms with Gasteiger partial charge in [-0.05, 0) is 24.3 Å². The molecule has 3 rings (SSSR count). The van der Waals surface area contributed by atoms with E-state index < -0.39 is 16.4 Å². The maximum atomic E-state index is 13.3. The maximum absolute atomic E-state index is 13.3. The molecule has 0 aliphatic carbocycles. The number of nitro benzene ring substituents is 1. The molecule has 0 spiro atoms. The number of halogens is 1. The van der Waals surface area contributed by atoms with E-state index in [-0.39, 0.29) is 12.2 Å². The Morgan fingerprint density at radius 2 is 2.13 bits per heavy atom. The van der Waals surface area contributed by atoms with Crippen molar-refractivity contribution >= 4 is 17.0 Å². The van der Waals surface area contributed by atoms with Gasteiger partial charge in [0.15, 0.2) is 5.65 Å². The van der Waals surface area contributed by atoms with Crippen molar-refractivity contribution in [3.8, 4) is 0 Å². The molecular formula is C14H12FN5O3. The van der Waals surface area contributed by atoms with Gasteiger partial charge in [0, 0.05) is 24.5 Å². The third-order valence-electron chi connectivity index (χ3n) is 3.28. The lowest BCUT2D eigenvalue weighted by Crippen LogP contribution is -2.24. The number of hydrogen-bond donors (Lipinski definition) is 1. The Bertz CT molecular complexity index is 934. The van der Waals surface area contributed by atoms with Gasteiger partial charge in [0.05, 0.1) is 11.5 Å². The predicted molar refractivity (Wildman–Crippen MR) is 81.0 cm³/mol. The minimum Gasteiger partial charge on any atom is -0.383 e. The summed E-state index contributed by atoms with van der Waals surface area (Å²) < 4.78 is 16.0. The standard InChI is InChI=1S/C14H12FN5O3/c15-11-5-4-10(9-12(11)20(22)23)16-6-8-19-14(21)18-7-2-1-3-13(18)17-19/h1-5,7,9,16H,6,8H2. The molecule has 23 heavy (non-hydrogen) atoms. The third-order valence-corrected chi connectivity index (χ3v) is 3.28. The van der Waals surface area contributed by atoms with E-state index in [1.165, 1.54) is 15.1 Å². The first kappa shape index (κ1) is 14.7. The summed E-state index contributed by atoms with van der Waals surface area (Å²) in [7, 11) is 0. The highest BCUT2D eigenvalue weighted by Gasteiger charge is 2.14. The van der Waals surface area contributed by atoms with Gasteiger partial charge in [-0.25, -0.2) is 9.48 Å².